The fourth-order valence-corrected chi connectivity index (χ4v) is 1.68. The third-order valence-electron chi connectivity index (χ3n) is 2.32. The minimum Gasteiger partial charge on any atom is -0.326 e. The number of carbonyl (C=O) groups is 1. The van der Waals surface area contributed by atoms with Crippen molar-refractivity contribution >= 4 is 11.6 Å². The van der Waals surface area contributed by atoms with Gasteiger partial charge in [0, 0.05) is 25.2 Å². The summed E-state index contributed by atoms with van der Waals surface area (Å²) >= 11 is 0. The number of anilines is 1. The molecule has 0 bridgehead atoms. The molecule has 0 spiro atoms. The van der Waals surface area contributed by atoms with Gasteiger partial charge in [-0.25, -0.2) is 0 Å². The van der Waals surface area contributed by atoms with Gasteiger partial charge in [0.25, 0.3) is 0 Å². The summed E-state index contributed by atoms with van der Waals surface area (Å²) in [5.74, 6) is 0.0339. The maximum absolute atomic E-state index is 11.6. The Hall–Kier alpha value is -1.61. The lowest BCUT2D eigenvalue weighted by molar-refractivity contribution is -0.116. The van der Waals surface area contributed by atoms with Crippen molar-refractivity contribution in [3.05, 3.63) is 42.0 Å². The standard InChI is InChI=1S/C14H20N2O/c1-4-6-15-7-5-14(17)16-13-9-11(2)8-12(3)10-13/h4,8-10,15H,1,5-7H2,2-3H3,(H,16,17). The van der Waals surface area contributed by atoms with Gasteiger partial charge in [-0.05, 0) is 37.1 Å². The molecule has 0 aromatic heterocycles. The highest BCUT2D eigenvalue weighted by atomic mass is 16.1. The van der Waals surface area contributed by atoms with Crippen LogP contribution in [0.5, 0.6) is 0 Å². The van der Waals surface area contributed by atoms with Gasteiger partial charge in [-0.15, -0.1) is 6.58 Å². The Morgan fingerprint density at radius 2 is 1.94 bits per heavy atom. The molecular weight excluding hydrogens is 212 g/mol. The molecule has 1 rings (SSSR count). The zero-order valence-electron chi connectivity index (χ0n) is 10.5. The third kappa shape index (κ3) is 5.31. The molecule has 0 aliphatic rings. The van der Waals surface area contributed by atoms with Crippen LogP contribution in [-0.4, -0.2) is 19.0 Å². The first-order valence-electron chi connectivity index (χ1n) is 5.81. The first-order valence-corrected chi connectivity index (χ1v) is 5.81. The molecule has 1 amide bonds. The summed E-state index contributed by atoms with van der Waals surface area (Å²) in [7, 11) is 0. The number of hydrogen-bond acceptors (Lipinski definition) is 2. The van der Waals surface area contributed by atoms with Gasteiger partial charge >= 0.3 is 0 Å². The molecule has 0 aliphatic heterocycles. The second-order valence-electron chi connectivity index (χ2n) is 4.17. The molecule has 2 N–H and O–H groups in total. The van der Waals surface area contributed by atoms with E-state index in [0.717, 1.165) is 23.4 Å². The van der Waals surface area contributed by atoms with Crippen LogP contribution in [0.4, 0.5) is 5.69 Å². The lowest BCUT2D eigenvalue weighted by Crippen LogP contribution is -2.21. The topological polar surface area (TPSA) is 41.1 Å². The van der Waals surface area contributed by atoms with Gasteiger partial charge < -0.3 is 10.6 Å². The molecule has 0 saturated carbocycles. The van der Waals surface area contributed by atoms with Gasteiger partial charge in [-0.1, -0.05) is 12.1 Å². The van der Waals surface area contributed by atoms with E-state index in [-0.39, 0.29) is 5.91 Å². The summed E-state index contributed by atoms with van der Waals surface area (Å²) in [5.41, 5.74) is 3.19. The van der Waals surface area contributed by atoms with Crippen molar-refractivity contribution in [1.29, 1.82) is 0 Å². The third-order valence-corrected chi connectivity index (χ3v) is 2.32. The number of nitrogens with one attached hydrogen (secondary N) is 2. The Balaban J connectivity index is 2.42. The van der Waals surface area contributed by atoms with Crippen LogP contribution in [0.2, 0.25) is 0 Å². The molecule has 1 aromatic carbocycles. The highest BCUT2D eigenvalue weighted by molar-refractivity contribution is 5.91. The Morgan fingerprint density at radius 1 is 1.29 bits per heavy atom. The molecule has 92 valence electrons. The fourth-order valence-electron chi connectivity index (χ4n) is 1.68. The molecule has 3 heteroatoms. The van der Waals surface area contributed by atoms with Gasteiger partial charge in [0.05, 0.1) is 0 Å². The zero-order chi connectivity index (χ0) is 12.7. The number of carbonyl (C=O) groups excluding carboxylic acids is 1. The van der Waals surface area contributed by atoms with Crippen molar-refractivity contribution in [2.24, 2.45) is 0 Å². The summed E-state index contributed by atoms with van der Waals surface area (Å²) in [6.07, 6.45) is 2.25. The van der Waals surface area contributed by atoms with E-state index >= 15 is 0 Å². The molecule has 0 fully saturated rings. The highest BCUT2D eigenvalue weighted by Crippen LogP contribution is 2.13. The van der Waals surface area contributed by atoms with Gasteiger partial charge in [-0.2, -0.15) is 0 Å². The number of rotatable bonds is 6. The van der Waals surface area contributed by atoms with Gasteiger partial charge in [-0.3, -0.25) is 4.79 Å². The van der Waals surface area contributed by atoms with Gasteiger partial charge in [0.2, 0.25) is 5.91 Å². The molecule has 17 heavy (non-hydrogen) atoms. The Labute approximate surface area is 103 Å². The van der Waals surface area contributed by atoms with Gasteiger partial charge in [0.15, 0.2) is 0 Å². The number of aryl methyl sites for hydroxylation is 2. The maximum atomic E-state index is 11.6. The molecule has 0 unspecified atom stereocenters. The second kappa shape index (κ2) is 6.86. The molecule has 0 radical (unpaired) electrons. The first-order chi connectivity index (χ1) is 8.11. The largest absolute Gasteiger partial charge is 0.326 e. The summed E-state index contributed by atoms with van der Waals surface area (Å²) in [4.78, 5) is 11.6. The summed E-state index contributed by atoms with van der Waals surface area (Å²) in [6, 6.07) is 6.03. The molecule has 1 aromatic rings. The highest BCUT2D eigenvalue weighted by Gasteiger charge is 2.02. The summed E-state index contributed by atoms with van der Waals surface area (Å²) < 4.78 is 0. The minimum absolute atomic E-state index is 0.0339. The fraction of sp³-hybridized carbons (Fsp3) is 0.357. The predicted molar refractivity (Wildman–Crippen MR) is 72.2 cm³/mol. The van der Waals surface area contributed by atoms with Crippen LogP contribution >= 0.6 is 0 Å². The van der Waals surface area contributed by atoms with Crippen LogP contribution < -0.4 is 10.6 Å². The van der Waals surface area contributed by atoms with E-state index in [1.165, 1.54) is 0 Å². The van der Waals surface area contributed by atoms with E-state index in [0.29, 0.717) is 13.0 Å². The van der Waals surface area contributed by atoms with Crippen LogP contribution in [0.3, 0.4) is 0 Å². The normalized spacial score (nSPS) is 10.0. The van der Waals surface area contributed by atoms with E-state index in [1.54, 1.807) is 6.08 Å². The molecular formula is C14H20N2O. The van der Waals surface area contributed by atoms with Crippen LogP contribution in [0, 0.1) is 13.8 Å². The number of amides is 1. The van der Waals surface area contributed by atoms with E-state index in [4.69, 9.17) is 0 Å². The SMILES string of the molecule is C=CCNCCC(=O)Nc1cc(C)cc(C)c1. The zero-order valence-corrected chi connectivity index (χ0v) is 10.5. The van der Waals surface area contributed by atoms with E-state index < -0.39 is 0 Å². The second-order valence-corrected chi connectivity index (χ2v) is 4.17. The molecule has 0 saturated heterocycles. The quantitative estimate of drug-likeness (QED) is 0.584. The van der Waals surface area contributed by atoms with Crippen molar-refractivity contribution in [2.75, 3.05) is 18.4 Å². The Morgan fingerprint density at radius 3 is 2.53 bits per heavy atom. The number of benzene rings is 1. The van der Waals surface area contributed by atoms with Gasteiger partial charge in [0.1, 0.15) is 0 Å². The van der Waals surface area contributed by atoms with Crippen molar-refractivity contribution < 1.29 is 4.79 Å². The van der Waals surface area contributed by atoms with Crippen LogP contribution in [0.1, 0.15) is 17.5 Å². The molecule has 0 atom stereocenters. The maximum Gasteiger partial charge on any atom is 0.225 e. The smallest absolute Gasteiger partial charge is 0.225 e. The first kappa shape index (κ1) is 13.5. The number of hydrogen-bond donors (Lipinski definition) is 2. The lowest BCUT2D eigenvalue weighted by atomic mass is 10.1. The Bertz CT molecular complexity index is 379. The lowest BCUT2D eigenvalue weighted by Gasteiger charge is -2.07. The van der Waals surface area contributed by atoms with E-state index in [9.17, 15) is 4.79 Å². The van der Waals surface area contributed by atoms with E-state index in [2.05, 4.69) is 23.3 Å². The van der Waals surface area contributed by atoms with E-state index in [1.807, 2.05) is 26.0 Å². The molecule has 0 heterocycles. The summed E-state index contributed by atoms with van der Waals surface area (Å²) in [6.45, 7) is 9.05. The van der Waals surface area contributed by atoms with Crippen LogP contribution in [-0.2, 0) is 4.79 Å². The van der Waals surface area contributed by atoms with Crippen molar-refractivity contribution in [3.8, 4) is 0 Å². The van der Waals surface area contributed by atoms with Crippen molar-refractivity contribution in [2.45, 2.75) is 20.3 Å². The monoisotopic (exact) mass is 232 g/mol. The molecule has 0 aliphatic carbocycles. The summed E-state index contributed by atoms with van der Waals surface area (Å²) in [5, 5.41) is 5.99. The van der Waals surface area contributed by atoms with Crippen LogP contribution in [0.15, 0.2) is 30.9 Å². The average molecular weight is 232 g/mol. The average Bonchev–Trinajstić information content (AvgIpc) is 2.23. The molecule has 3 nitrogen and oxygen atoms in total. The van der Waals surface area contributed by atoms with Crippen molar-refractivity contribution in [3.63, 3.8) is 0 Å². The van der Waals surface area contributed by atoms with Crippen LogP contribution in [0.25, 0.3) is 0 Å². The predicted octanol–water partition coefficient (Wildman–Crippen LogP) is 2.41. The van der Waals surface area contributed by atoms with Crippen molar-refractivity contribution in [1.82, 2.24) is 5.32 Å². The minimum atomic E-state index is 0.0339. The Kier molecular flexibility index (Phi) is 5.43.